The van der Waals surface area contributed by atoms with Gasteiger partial charge in [0.2, 0.25) is 5.91 Å². The molecule has 0 radical (unpaired) electrons. The maximum Gasteiger partial charge on any atom is 0.246 e. The van der Waals surface area contributed by atoms with Crippen molar-refractivity contribution in [3.8, 4) is 0 Å². The molecule has 2 fully saturated rings. The molecule has 1 atom stereocenters. The number of hydrogen-bond donors (Lipinski definition) is 0. The van der Waals surface area contributed by atoms with Crippen LogP contribution in [-0.4, -0.2) is 61.1 Å². The van der Waals surface area contributed by atoms with E-state index in [9.17, 15) is 4.79 Å². The molecule has 15 heavy (non-hydrogen) atoms. The molecule has 2 aliphatic rings. The van der Waals surface area contributed by atoms with E-state index in [0.29, 0.717) is 0 Å². The molecule has 0 saturated carbocycles. The summed E-state index contributed by atoms with van der Waals surface area (Å²) < 4.78 is 5.46. The lowest BCUT2D eigenvalue weighted by Gasteiger charge is -2.46. The summed E-state index contributed by atoms with van der Waals surface area (Å²) in [5, 5.41) is 0. The number of carbonyl (C=O) groups excluding carboxylic acids is 1. The van der Waals surface area contributed by atoms with E-state index in [0.717, 1.165) is 39.3 Å². The van der Waals surface area contributed by atoms with E-state index in [1.54, 1.807) is 0 Å². The van der Waals surface area contributed by atoms with Crippen LogP contribution in [0.2, 0.25) is 0 Å². The molecule has 0 aromatic heterocycles. The fourth-order valence-electron chi connectivity index (χ4n) is 2.40. The van der Waals surface area contributed by atoms with Crippen molar-refractivity contribution >= 4 is 5.91 Å². The Hall–Kier alpha value is -0.870. The van der Waals surface area contributed by atoms with E-state index in [-0.39, 0.29) is 11.4 Å². The topological polar surface area (TPSA) is 32.8 Å². The van der Waals surface area contributed by atoms with E-state index in [2.05, 4.69) is 18.5 Å². The van der Waals surface area contributed by atoms with Crippen molar-refractivity contribution < 1.29 is 9.53 Å². The number of ether oxygens (including phenoxy) is 1. The molecule has 2 heterocycles. The first-order valence-corrected chi connectivity index (χ1v) is 5.38. The number of likely N-dealkylation sites (N-methyl/N-ethyl adjacent to an activating group) is 1. The maximum absolute atomic E-state index is 11.6. The average molecular weight is 210 g/mol. The van der Waals surface area contributed by atoms with Gasteiger partial charge in [-0.3, -0.25) is 9.69 Å². The predicted molar refractivity (Wildman–Crippen MR) is 57.6 cm³/mol. The highest BCUT2D eigenvalue weighted by Crippen LogP contribution is 2.29. The summed E-state index contributed by atoms with van der Waals surface area (Å²) in [6, 6.07) is 0. The SMILES string of the molecule is C=CC(=O)N1CCN(C)C2(CCOC2)C1. The van der Waals surface area contributed by atoms with Gasteiger partial charge < -0.3 is 9.64 Å². The van der Waals surface area contributed by atoms with Crippen LogP contribution in [0.1, 0.15) is 6.42 Å². The molecule has 0 aromatic carbocycles. The third-order valence-electron chi connectivity index (χ3n) is 3.57. The Bertz CT molecular complexity index is 272. The minimum Gasteiger partial charge on any atom is -0.379 e. The quantitative estimate of drug-likeness (QED) is 0.576. The standard InChI is InChI=1S/C11H18N2O2/c1-3-10(14)13-6-5-12(2)11(8-13)4-7-15-9-11/h3H,1,4-9H2,2H3. The van der Waals surface area contributed by atoms with Crippen LogP contribution in [0.4, 0.5) is 0 Å². The first-order chi connectivity index (χ1) is 7.18. The van der Waals surface area contributed by atoms with Gasteiger partial charge in [-0.1, -0.05) is 6.58 Å². The van der Waals surface area contributed by atoms with Crippen molar-refractivity contribution in [3.63, 3.8) is 0 Å². The van der Waals surface area contributed by atoms with Crippen LogP contribution >= 0.6 is 0 Å². The van der Waals surface area contributed by atoms with E-state index >= 15 is 0 Å². The number of piperazine rings is 1. The zero-order chi connectivity index (χ0) is 10.9. The Morgan fingerprint density at radius 2 is 2.33 bits per heavy atom. The lowest BCUT2D eigenvalue weighted by molar-refractivity contribution is -0.131. The summed E-state index contributed by atoms with van der Waals surface area (Å²) >= 11 is 0. The molecule has 4 heteroatoms. The van der Waals surface area contributed by atoms with Crippen LogP contribution in [0.25, 0.3) is 0 Å². The van der Waals surface area contributed by atoms with E-state index in [4.69, 9.17) is 4.74 Å². The van der Waals surface area contributed by atoms with E-state index in [1.165, 1.54) is 6.08 Å². The Balaban J connectivity index is 2.10. The van der Waals surface area contributed by atoms with Gasteiger partial charge in [0.05, 0.1) is 12.1 Å². The molecule has 2 aliphatic heterocycles. The second-order valence-electron chi connectivity index (χ2n) is 4.41. The molecule has 1 spiro atoms. The maximum atomic E-state index is 11.6. The Morgan fingerprint density at radius 3 is 2.93 bits per heavy atom. The fraction of sp³-hybridized carbons (Fsp3) is 0.727. The molecule has 0 aliphatic carbocycles. The molecule has 0 aromatic rings. The summed E-state index contributed by atoms with van der Waals surface area (Å²) in [6.45, 7) is 7.57. The van der Waals surface area contributed by atoms with Crippen LogP contribution in [-0.2, 0) is 9.53 Å². The number of carbonyl (C=O) groups is 1. The lowest BCUT2D eigenvalue weighted by atomic mass is 9.93. The summed E-state index contributed by atoms with van der Waals surface area (Å²) in [6.07, 6.45) is 2.42. The second kappa shape index (κ2) is 3.94. The van der Waals surface area contributed by atoms with Gasteiger partial charge >= 0.3 is 0 Å². The minimum atomic E-state index is 0.0365. The van der Waals surface area contributed by atoms with Crippen LogP contribution in [0, 0.1) is 0 Å². The van der Waals surface area contributed by atoms with Crippen molar-refractivity contribution in [2.24, 2.45) is 0 Å². The summed E-state index contributed by atoms with van der Waals surface area (Å²) in [4.78, 5) is 15.8. The number of amides is 1. The first kappa shape index (κ1) is 10.6. The van der Waals surface area contributed by atoms with Gasteiger partial charge in [0.15, 0.2) is 0 Å². The summed E-state index contributed by atoms with van der Waals surface area (Å²) in [5.74, 6) is 0.0365. The minimum absolute atomic E-state index is 0.0365. The molecular weight excluding hydrogens is 192 g/mol. The van der Waals surface area contributed by atoms with Crippen molar-refractivity contribution in [1.82, 2.24) is 9.80 Å². The van der Waals surface area contributed by atoms with Crippen molar-refractivity contribution in [1.29, 1.82) is 0 Å². The van der Waals surface area contributed by atoms with E-state index in [1.807, 2.05) is 4.90 Å². The lowest BCUT2D eigenvalue weighted by Crippen LogP contribution is -2.62. The smallest absolute Gasteiger partial charge is 0.246 e. The molecule has 2 rings (SSSR count). The van der Waals surface area contributed by atoms with Gasteiger partial charge in [-0.05, 0) is 19.5 Å². The molecular formula is C11H18N2O2. The van der Waals surface area contributed by atoms with Gasteiger partial charge in [0, 0.05) is 26.2 Å². The Labute approximate surface area is 90.5 Å². The fourth-order valence-corrected chi connectivity index (χ4v) is 2.40. The third-order valence-corrected chi connectivity index (χ3v) is 3.57. The van der Waals surface area contributed by atoms with Crippen molar-refractivity contribution in [2.45, 2.75) is 12.0 Å². The molecule has 4 nitrogen and oxygen atoms in total. The van der Waals surface area contributed by atoms with Crippen LogP contribution in [0.5, 0.6) is 0 Å². The van der Waals surface area contributed by atoms with Gasteiger partial charge in [-0.2, -0.15) is 0 Å². The van der Waals surface area contributed by atoms with Gasteiger partial charge in [-0.15, -0.1) is 0 Å². The zero-order valence-corrected chi connectivity index (χ0v) is 9.24. The Kier molecular flexibility index (Phi) is 2.80. The second-order valence-corrected chi connectivity index (χ2v) is 4.41. The molecule has 1 amide bonds. The summed E-state index contributed by atoms with van der Waals surface area (Å²) in [5.41, 5.74) is 0.0525. The van der Waals surface area contributed by atoms with Crippen LogP contribution < -0.4 is 0 Å². The number of hydrogen-bond acceptors (Lipinski definition) is 3. The van der Waals surface area contributed by atoms with Gasteiger partial charge in [-0.25, -0.2) is 0 Å². The monoisotopic (exact) mass is 210 g/mol. The predicted octanol–water partition coefficient (Wildman–Crippen LogP) is 0.105. The number of nitrogens with zero attached hydrogens (tertiary/aromatic N) is 2. The largest absolute Gasteiger partial charge is 0.379 e. The third kappa shape index (κ3) is 1.79. The molecule has 2 saturated heterocycles. The molecule has 0 bridgehead atoms. The highest BCUT2D eigenvalue weighted by molar-refractivity contribution is 5.87. The van der Waals surface area contributed by atoms with Gasteiger partial charge in [0.25, 0.3) is 0 Å². The summed E-state index contributed by atoms with van der Waals surface area (Å²) in [7, 11) is 2.12. The molecule has 1 unspecified atom stereocenters. The van der Waals surface area contributed by atoms with Crippen molar-refractivity contribution in [2.75, 3.05) is 39.9 Å². The Morgan fingerprint density at radius 1 is 1.53 bits per heavy atom. The van der Waals surface area contributed by atoms with Crippen LogP contribution in [0.15, 0.2) is 12.7 Å². The van der Waals surface area contributed by atoms with Crippen molar-refractivity contribution in [3.05, 3.63) is 12.7 Å². The highest BCUT2D eigenvalue weighted by atomic mass is 16.5. The van der Waals surface area contributed by atoms with Crippen LogP contribution in [0.3, 0.4) is 0 Å². The molecule has 0 N–H and O–H groups in total. The van der Waals surface area contributed by atoms with Gasteiger partial charge in [0.1, 0.15) is 0 Å². The van der Waals surface area contributed by atoms with E-state index < -0.39 is 0 Å². The number of rotatable bonds is 1. The zero-order valence-electron chi connectivity index (χ0n) is 9.24. The highest BCUT2D eigenvalue weighted by Gasteiger charge is 2.43. The normalized spacial score (nSPS) is 32.2. The average Bonchev–Trinajstić information content (AvgIpc) is 2.71. The first-order valence-electron chi connectivity index (χ1n) is 5.38. The molecule has 84 valence electrons.